The van der Waals surface area contributed by atoms with E-state index in [1.54, 1.807) is 50.4 Å². The van der Waals surface area contributed by atoms with Crippen LogP contribution in [0.4, 0.5) is 14.5 Å². The van der Waals surface area contributed by atoms with E-state index in [2.05, 4.69) is 20.6 Å². The Morgan fingerprint density at radius 3 is 2.41 bits per heavy atom. The van der Waals surface area contributed by atoms with Gasteiger partial charge in [0.15, 0.2) is 16.6 Å². The Balaban J connectivity index is 2.06. The van der Waals surface area contributed by atoms with Crippen LogP contribution in [0.5, 0.6) is 17.2 Å². The number of hydrogen-bond donors (Lipinski definition) is 2. The van der Waals surface area contributed by atoms with Crippen molar-refractivity contribution < 1.29 is 23.0 Å². The zero-order valence-electron chi connectivity index (χ0n) is 15.0. The number of hydrogen-bond acceptors (Lipinski definition) is 5. The molecule has 0 heterocycles. The molecule has 2 aromatic carbocycles. The van der Waals surface area contributed by atoms with Crippen molar-refractivity contribution in [1.82, 2.24) is 5.43 Å². The van der Waals surface area contributed by atoms with Crippen LogP contribution in [0.25, 0.3) is 0 Å². The fourth-order valence-corrected chi connectivity index (χ4v) is 2.40. The highest BCUT2D eigenvalue weighted by atomic mass is 32.1. The average molecular weight is 395 g/mol. The van der Waals surface area contributed by atoms with Gasteiger partial charge < -0.3 is 19.5 Å². The van der Waals surface area contributed by atoms with Gasteiger partial charge in [0.05, 0.1) is 19.9 Å². The molecule has 0 saturated carbocycles. The topological polar surface area (TPSA) is 64.1 Å². The van der Waals surface area contributed by atoms with Crippen molar-refractivity contribution in [3.63, 3.8) is 0 Å². The van der Waals surface area contributed by atoms with Crippen molar-refractivity contribution in [2.45, 2.75) is 13.5 Å². The number of benzene rings is 2. The molecule has 0 aliphatic carbocycles. The number of alkyl halides is 2. The van der Waals surface area contributed by atoms with E-state index >= 15 is 0 Å². The lowest BCUT2D eigenvalue weighted by Gasteiger charge is -2.12. The summed E-state index contributed by atoms with van der Waals surface area (Å²) in [6, 6.07) is 11.6. The van der Waals surface area contributed by atoms with Crippen LogP contribution in [-0.2, 0) is 0 Å². The van der Waals surface area contributed by atoms with Crippen molar-refractivity contribution >= 4 is 28.7 Å². The zero-order valence-corrected chi connectivity index (χ0v) is 15.8. The van der Waals surface area contributed by atoms with E-state index < -0.39 is 6.61 Å². The summed E-state index contributed by atoms with van der Waals surface area (Å²) in [5.74, 6) is 1.17. The van der Waals surface area contributed by atoms with E-state index in [0.29, 0.717) is 28.5 Å². The second-order valence-electron chi connectivity index (χ2n) is 5.21. The number of para-hydroxylation sites is 1. The van der Waals surface area contributed by atoms with E-state index in [1.165, 1.54) is 13.2 Å². The fraction of sp³-hybridized carbons (Fsp3) is 0.222. The molecule has 0 amide bonds. The van der Waals surface area contributed by atoms with Crippen molar-refractivity contribution in [3.8, 4) is 17.2 Å². The van der Waals surface area contributed by atoms with Gasteiger partial charge in [-0.05, 0) is 43.4 Å². The minimum absolute atomic E-state index is 0.0364. The predicted octanol–water partition coefficient (Wildman–Crippen LogP) is 4.02. The quantitative estimate of drug-likeness (QED) is 0.420. The lowest BCUT2D eigenvalue weighted by atomic mass is 10.1. The van der Waals surface area contributed by atoms with Crippen LogP contribution in [-0.4, -0.2) is 31.7 Å². The lowest BCUT2D eigenvalue weighted by Crippen LogP contribution is -2.25. The summed E-state index contributed by atoms with van der Waals surface area (Å²) in [4.78, 5) is 0. The highest BCUT2D eigenvalue weighted by Gasteiger charge is 2.11. The molecule has 0 unspecified atom stereocenters. The summed E-state index contributed by atoms with van der Waals surface area (Å²) in [5.41, 5.74) is 4.20. The third-order valence-corrected chi connectivity index (χ3v) is 3.65. The number of thiocarbonyl (C=S) groups is 1. The van der Waals surface area contributed by atoms with Gasteiger partial charge in [-0.25, -0.2) is 0 Å². The summed E-state index contributed by atoms with van der Waals surface area (Å²) in [7, 11) is 3.08. The monoisotopic (exact) mass is 395 g/mol. The molecule has 0 aliphatic rings. The third-order valence-electron chi connectivity index (χ3n) is 3.46. The molecule has 2 rings (SSSR count). The van der Waals surface area contributed by atoms with E-state index in [0.717, 1.165) is 0 Å². The van der Waals surface area contributed by atoms with Crippen LogP contribution in [0, 0.1) is 0 Å². The van der Waals surface area contributed by atoms with Gasteiger partial charge in [-0.2, -0.15) is 13.9 Å². The molecule has 2 N–H and O–H groups in total. The molecule has 9 heteroatoms. The Kier molecular flexibility index (Phi) is 7.30. The fourth-order valence-electron chi connectivity index (χ4n) is 2.23. The molecule has 0 aromatic heterocycles. The Labute approximate surface area is 161 Å². The van der Waals surface area contributed by atoms with Gasteiger partial charge in [0.2, 0.25) is 0 Å². The van der Waals surface area contributed by atoms with Crippen LogP contribution < -0.4 is 25.0 Å². The van der Waals surface area contributed by atoms with Crippen LogP contribution in [0.1, 0.15) is 12.5 Å². The molecule has 27 heavy (non-hydrogen) atoms. The van der Waals surface area contributed by atoms with Crippen LogP contribution in [0.3, 0.4) is 0 Å². The van der Waals surface area contributed by atoms with Gasteiger partial charge in [-0.3, -0.25) is 5.43 Å². The molecular formula is C18H19F2N3O3S. The average Bonchev–Trinajstić information content (AvgIpc) is 2.66. The normalized spacial score (nSPS) is 11.1. The van der Waals surface area contributed by atoms with Gasteiger partial charge in [-0.15, -0.1) is 0 Å². The number of anilines is 1. The molecular weight excluding hydrogens is 376 g/mol. The molecule has 0 bridgehead atoms. The second-order valence-corrected chi connectivity index (χ2v) is 5.62. The van der Waals surface area contributed by atoms with Gasteiger partial charge in [0, 0.05) is 17.3 Å². The number of hydrazone groups is 1. The molecule has 0 spiro atoms. The Hall–Kier alpha value is -2.94. The molecule has 0 aliphatic heterocycles. The Morgan fingerprint density at radius 2 is 1.74 bits per heavy atom. The second kappa shape index (κ2) is 9.67. The smallest absolute Gasteiger partial charge is 0.387 e. The molecule has 2 aromatic rings. The first-order valence-electron chi connectivity index (χ1n) is 7.82. The number of methoxy groups -OCH3 is 2. The Morgan fingerprint density at radius 1 is 1.04 bits per heavy atom. The number of rotatable bonds is 7. The molecule has 0 saturated heterocycles. The summed E-state index contributed by atoms with van der Waals surface area (Å²) in [6.45, 7) is -1.26. The SMILES string of the molecule is COc1ccc(NC(=S)N/N=C(/C)c2ccccc2OC(F)F)cc1OC. The number of nitrogens with one attached hydrogen (secondary N) is 2. The van der Waals surface area contributed by atoms with Gasteiger partial charge in [-0.1, -0.05) is 12.1 Å². The predicted molar refractivity (Wildman–Crippen MR) is 104 cm³/mol. The molecule has 6 nitrogen and oxygen atoms in total. The van der Waals surface area contributed by atoms with Crippen molar-refractivity contribution in [2.24, 2.45) is 5.10 Å². The first kappa shape index (κ1) is 20.4. The number of nitrogens with zero attached hydrogens (tertiary/aromatic N) is 1. The van der Waals surface area contributed by atoms with Gasteiger partial charge >= 0.3 is 6.61 Å². The van der Waals surface area contributed by atoms with Gasteiger partial charge in [0.1, 0.15) is 5.75 Å². The molecule has 0 radical (unpaired) electrons. The number of halogens is 2. The highest BCUT2D eigenvalue weighted by molar-refractivity contribution is 7.80. The molecule has 0 fully saturated rings. The Bertz CT molecular complexity index is 831. The van der Waals surface area contributed by atoms with Crippen molar-refractivity contribution in [3.05, 3.63) is 48.0 Å². The number of ether oxygens (including phenoxy) is 3. The maximum absolute atomic E-state index is 12.5. The van der Waals surface area contributed by atoms with E-state index in [-0.39, 0.29) is 10.9 Å². The van der Waals surface area contributed by atoms with Crippen molar-refractivity contribution in [1.29, 1.82) is 0 Å². The summed E-state index contributed by atoms with van der Waals surface area (Å²) in [5, 5.41) is 7.28. The maximum Gasteiger partial charge on any atom is 0.387 e. The highest BCUT2D eigenvalue weighted by Crippen LogP contribution is 2.29. The minimum Gasteiger partial charge on any atom is -0.493 e. The van der Waals surface area contributed by atoms with E-state index in [1.807, 2.05) is 0 Å². The summed E-state index contributed by atoms with van der Waals surface area (Å²) in [6.07, 6.45) is 0. The third kappa shape index (κ3) is 5.78. The van der Waals surface area contributed by atoms with E-state index in [4.69, 9.17) is 21.7 Å². The van der Waals surface area contributed by atoms with Crippen molar-refractivity contribution in [2.75, 3.05) is 19.5 Å². The summed E-state index contributed by atoms with van der Waals surface area (Å²) < 4.78 is 39.9. The van der Waals surface area contributed by atoms with Crippen LogP contribution in [0.15, 0.2) is 47.6 Å². The van der Waals surface area contributed by atoms with Crippen LogP contribution >= 0.6 is 12.2 Å². The molecule has 0 atom stereocenters. The zero-order chi connectivity index (χ0) is 19.8. The maximum atomic E-state index is 12.5. The molecule has 144 valence electrons. The summed E-state index contributed by atoms with van der Waals surface area (Å²) >= 11 is 5.20. The standard InChI is InChI=1S/C18H19F2N3O3S/c1-11(13-6-4-5-7-14(13)26-17(19)20)22-23-18(27)21-12-8-9-15(24-2)16(10-12)25-3/h4-10,17H,1-3H3,(H2,21,23,27)/b22-11-. The lowest BCUT2D eigenvalue weighted by molar-refractivity contribution is -0.0499. The van der Waals surface area contributed by atoms with Crippen LogP contribution in [0.2, 0.25) is 0 Å². The first-order chi connectivity index (χ1) is 12.9. The first-order valence-corrected chi connectivity index (χ1v) is 8.23. The largest absolute Gasteiger partial charge is 0.493 e. The van der Waals surface area contributed by atoms with E-state index in [9.17, 15) is 8.78 Å². The minimum atomic E-state index is -2.92. The van der Waals surface area contributed by atoms with Gasteiger partial charge in [0.25, 0.3) is 0 Å².